The molecule has 7 heteroatoms. The number of oxazole rings is 1. The number of amides is 1. The zero-order valence-electron chi connectivity index (χ0n) is 14.7. The van der Waals surface area contributed by atoms with Crippen LogP contribution in [0, 0.1) is 6.92 Å². The van der Waals surface area contributed by atoms with Gasteiger partial charge < -0.3 is 18.9 Å². The Bertz CT molecular complexity index is 1020. The first-order valence-corrected chi connectivity index (χ1v) is 8.64. The average Bonchev–Trinajstić information content (AvgIpc) is 3.35. The van der Waals surface area contributed by atoms with Gasteiger partial charge in [0.05, 0.1) is 12.8 Å². The first kappa shape index (κ1) is 17.2. The van der Waals surface area contributed by atoms with Gasteiger partial charge in [-0.25, -0.2) is 9.78 Å². The van der Waals surface area contributed by atoms with Crippen LogP contribution in [-0.2, 0) is 4.74 Å². The number of anilines is 1. The molecule has 0 bridgehead atoms. The van der Waals surface area contributed by atoms with Gasteiger partial charge in [-0.1, -0.05) is 12.1 Å². The van der Waals surface area contributed by atoms with Crippen molar-refractivity contribution in [3.8, 4) is 11.3 Å². The Morgan fingerprint density at radius 1 is 1.30 bits per heavy atom. The van der Waals surface area contributed by atoms with Gasteiger partial charge in [-0.2, -0.15) is 0 Å². The zero-order chi connectivity index (χ0) is 18.8. The summed E-state index contributed by atoms with van der Waals surface area (Å²) in [5.74, 6) is 0.709. The molecule has 1 atom stereocenters. The van der Waals surface area contributed by atoms with Crippen molar-refractivity contribution in [1.29, 1.82) is 0 Å². The molecular formula is C20H18N2O5. The minimum Gasteiger partial charge on any atom is -0.444 e. The molecule has 1 unspecified atom stereocenters. The average molecular weight is 366 g/mol. The molecule has 1 aliphatic heterocycles. The van der Waals surface area contributed by atoms with E-state index in [0.717, 1.165) is 12.0 Å². The predicted octanol–water partition coefficient (Wildman–Crippen LogP) is 3.36. The minimum atomic E-state index is -0.638. The highest BCUT2D eigenvalue weighted by molar-refractivity contribution is 6.05. The molecule has 0 spiro atoms. The SMILES string of the molecule is Cc1cc(C2CCOC2)oc(=O)c1C(=O)Nc1cccc(-c2cnco2)c1. The lowest BCUT2D eigenvalue weighted by atomic mass is 10.0. The van der Waals surface area contributed by atoms with Crippen LogP contribution in [0.2, 0.25) is 0 Å². The molecule has 2 aromatic heterocycles. The number of carbonyl (C=O) groups is 1. The van der Waals surface area contributed by atoms with Crippen molar-refractivity contribution in [2.45, 2.75) is 19.3 Å². The van der Waals surface area contributed by atoms with E-state index < -0.39 is 11.5 Å². The molecule has 1 N–H and O–H groups in total. The molecule has 138 valence electrons. The van der Waals surface area contributed by atoms with Gasteiger partial charge in [-0.05, 0) is 37.1 Å². The summed E-state index contributed by atoms with van der Waals surface area (Å²) in [4.78, 5) is 29.0. The number of benzene rings is 1. The van der Waals surface area contributed by atoms with Gasteiger partial charge in [-0.3, -0.25) is 4.79 Å². The van der Waals surface area contributed by atoms with Crippen molar-refractivity contribution in [3.63, 3.8) is 0 Å². The van der Waals surface area contributed by atoms with Crippen LogP contribution in [0.5, 0.6) is 0 Å². The van der Waals surface area contributed by atoms with E-state index in [1.807, 2.05) is 6.07 Å². The summed E-state index contributed by atoms with van der Waals surface area (Å²) < 4.78 is 16.0. The van der Waals surface area contributed by atoms with Crippen molar-refractivity contribution in [2.24, 2.45) is 0 Å². The second-order valence-corrected chi connectivity index (χ2v) is 6.46. The maximum absolute atomic E-state index is 12.7. The molecule has 0 radical (unpaired) electrons. The van der Waals surface area contributed by atoms with E-state index in [1.165, 1.54) is 6.39 Å². The summed E-state index contributed by atoms with van der Waals surface area (Å²) in [6.45, 7) is 2.91. The van der Waals surface area contributed by atoms with Crippen LogP contribution in [0.3, 0.4) is 0 Å². The topological polar surface area (TPSA) is 94.6 Å². The van der Waals surface area contributed by atoms with Crippen molar-refractivity contribution < 1.29 is 18.4 Å². The highest BCUT2D eigenvalue weighted by Crippen LogP contribution is 2.26. The Kier molecular flexibility index (Phi) is 4.60. The molecule has 4 rings (SSSR count). The standard InChI is InChI=1S/C20H18N2O5/c1-12-7-16(14-5-6-25-10-14)27-20(24)18(12)19(23)22-15-4-2-3-13(8-15)17-9-21-11-26-17/h2-4,7-9,11,14H,5-6,10H2,1H3,(H,22,23). The van der Waals surface area contributed by atoms with Crippen LogP contribution < -0.4 is 10.9 Å². The van der Waals surface area contributed by atoms with Gasteiger partial charge in [0.1, 0.15) is 11.3 Å². The van der Waals surface area contributed by atoms with Gasteiger partial charge >= 0.3 is 5.63 Å². The van der Waals surface area contributed by atoms with Gasteiger partial charge in [0.2, 0.25) is 0 Å². The van der Waals surface area contributed by atoms with Crippen molar-refractivity contribution in [1.82, 2.24) is 4.98 Å². The maximum Gasteiger partial charge on any atom is 0.349 e. The Balaban J connectivity index is 1.58. The highest BCUT2D eigenvalue weighted by atomic mass is 16.5. The fourth-order valence-corrected chi connectivity index (χ4v) is 3.17. The first-order chi connectivity index (χ1) is 13.1. The van der Waals surface area contributed by atoms with Crippen molar-refractivity contribution in [2.75, 3.05) is 18.5 Å². The van der Waals surface area contributed by atoms with Crippen LogP contribution >= 0.6 is 0 Å². The zero-order valence-corrected chi connectivity index (χ0v) is 14.7. The third-order valence-electron chi connectivity index (χ3n) is 4.56. The Morgan fingerprint density at radius 2 is 2.19 bits per heavy atom. The number of ether oxygens (including phenoxy) is 1. The molecule has 3 aromatic rings. The number of aryl methyl sites for hydroxylation is 1. The second kappa shape index (κ2) is 7.20. The van der Waals surface area contributed by atoms with E-state index in [1.54, 1.807) is 37.4 Å². The van der Waals surface area contributed by atoms with E-state index in [9.17, 15) is 9.59 Å². The van der Waals surface area contributed by atoms with Gasteiger partial charge in [-0.15, -0.1) is 0 Å². The summed E-state index contributed by atoms with van der Waals surface area (Å²) in [6, 6.07) is 8.86. The largest absolute Gasteiger partial charge is 0.444 e. The van der Waals surface area contributed by atoms with E-state index in [-0.39, 0.29) is 11.5 Å². The Morgan fingerprint density at radius 3 is 2.89 bits per heavy atom. The minimum absolute atomic E-state index is 0.00253. The molecule has 3 heterocycles. The molecule has 1 amide bonds. The Labute approximate surface area is 155 Å². The van der Waals surface area contributed by atoms with Crippen LogP contribution in [0.15, 0.2) is 56.6 Å². The van der Waals surface area contributed by atoms with E-state index in [2.05, 4.69) is 10.3 Å². The number of hydrogen-bond acceptors (Lipinski definition) is 6. The predicted molar refractivity (Wildman–Crippen MR) is 97.8 cm³/mol. The number of nitrogens with one attached hydrogen (secondary N) is 1. The van der Waals surface area contributed by atoms with Gasteiger partial charge in [0, 0.05) is 23.8 Å². The monoisotopic (exact) mass is 366 g/mol. The number of hydrogen-bond donors (Lipinski definition) is 1. The molecule has 0 saturated carbocycles. The van der Waals surface area contributed by atoms with Crippen LogP contribution in [0.1, 0.15) is 34.0 Å². The fourth-order valence-electron chi connectivity index (χ4n) is 3.17. The van der Waals surface area contributed by atoms with Gasteiger partial charge in [0.15, 0.2) is 12.2 Å². The van der Waals surface area contributed by atoms with E-state index >= 15 is 0 Å². The maximum atomic E-state index is 12.7. The third kappa shape index (κ3) is 3.54. The number of aromatic nitrogens is 1. The third-order valence-corrected chi connectivity index (χ3v) is 4.56. The number of nitrogens with zero attached hydrogens (tertiary/aromatic N) is 1. The first-order valence-electron chi connectivity index (χ1n) is 8.64. The molecule has 27 heavy (non-hydrogen) atoms. The van der Waals surface area contributed by atoms with E-state index in [4.69, 9.17) is 13.6 Å². The van der Waals surface area contributed by atoms with E-state index in [0.29, 0.717) is 36.0 Å². The summed E-state index contributed by atoms with van der Waals surface area (Å²) in [6.07, 6.45) is 3.74. The molecule has 1 fully saturated rings. The smallest absolute Gasteiger partial charge is 0.349 e. The summed E-state index contributed by atoms with van der Waals surface area (Å²) in [7, 11) is 0. The molecule has 1 aromatic carbocycles. The van der Waals surface area contributed by atoms with Crippen LogP contribution in [-0.4, -0.2) is 24.1 Å². The lowest BCUT2D eigenvalue weighted by Gasteiger charge is -2.11. The fraction of sp³-hybridized carbons (Fsp3) is 0.250. The Hall–Kier alpha value is -3.19. The summed E-state index contributed by atoms with van der Waals surface area (Å²) in [5, 5.41) is 2.75. The normalized spacial score (nSPS) is 16.4. The lowest BCUT2D eigenvalue weighted by Crippen LogP contribution is -2.23. The summed E-state index contributed by atoms with van der Waals surface area (Å²) >= 11 is 0. The molecular weight excluding hydrogens is 348 g/mol. The van der Waals surface area contributed by atoms with Crippen LogP contribution in [0.4, 0.5) is 5.69 Å². The molecule has 1 aliphatic rings. The molecule has 1 saturated heterocycles. The quantitative estimate of drug-likeness (QED) is 0.761. The molecule has 0 aliphatic carbocycles. The highest BCUT2D eigenvalue weighted by Gasteiger charge is 2.24. The molecule has 7 nitrogen and oxygen atoms in total. The van der Waals surface area contributed by atoms with Crippen molar-refractivity contribution in [3.05, 3.63) is 70.2 Å². The van der Waals surface area contributed by atoms with Crippen molar-refractivity contribution >= 4 is 11.6 Å². The lowest BCUT2D eigenvalue weighted by molar-refractivity contribution is 0.102. The number of carbonyl (C=O) groups excluding carboxylic acids is 1. The second-order valence-electron chi connectivity index (χ2n) is 6.46. The van der Waals surface area contributed by atoms with Crippen LogP contribution in [0.25, 0.3) is 11.3 Å². The van der Waals surface area contributed by atoms with Gasteiger partial charge in [0.25, 0.3) is 5.91 Å². The number of rotatable bonds is 4. The summed E-state index contributed by atoms with van der Waals surface area (Å²) in [5.41, 5.74) is 1.26.